The fraction of sp³-hybridized carbons (Fsp3) is 0.190. The van der Waals surface area contributed by atoms with Crippen molar-refractivity contribution in [2.24, 2.45) is 0 Å². The second-order valence-electron chi connectivity index (χ2n) is 6.74. The van der Waals surface area contributed by atoms with Crippen molar-refractivity contribution in [1.29, 1.82) is 0 Å². The number of carbonyl (C=O) groups excluding carboxylic acids is 1. The molecular formula is C21H19ClN2O3S. The Morgan fingerprint density at radius 3 is 2.50 bits per heavy atom. The Labute approximate surface area is 169 Å². The molecule has 28 heavy (non-hydrogen) atoms. The van der Waals surface area contributed by atoms with Gasteiger partial charge in [0.1, 0.15) is 6.04 Å². The van der Waals surface area contributed by atoms with Crippen LogP contribution in [-0.2, 0) is 14.8 Å². The fourth-order valence-corrected chi connectivity index (χ4v) is 5.36. The van der Waals surface area contributed by atoms with Crippen molar-refractivity contribution in [3.8, 4) is 0 Å². The first-order valence-electron chi connectivity index (χ1n) is 9.03. The van der Waals surface area contributed by atoms with E-state index in [4.69, 9.17) is 11.6 Å². The molecule has 3 aromatic carbocycles. The van der Waals surface area contributed by atoms with Gasteiger partial charge in [-0.1, -0.05) is 48.0 Å². The number of hydrogen-bond acceptors (Lipinski definition) is 3. The number of fused-ring (bicyclic) bond motifs is 1. The largest absolute Gasteiger partial charge is 0.324 e. The standard InChI is InChI=1S/C21H19ClN2O3S/c22-16-10-12-17(13-11-16)28(26,27)24-14-4-9-20(24)21(25)23-19-8-3-6-15-5-1-2-7-18(15)19/h1-3,5-8,10-13,20H,4,9,14H2,(H,23,25)/t20-/m0/s1. The van der Waals surface area contributed by atoms with Crippen molar-refractivity contribution < 1.29 is 13.2 Å². The van der Waals surface area contributed by atoms with Crippen molar-refractivity contribution in [2.45, 2.75) is 23.8 Å². The number of anilines is 1. The summed E-state index contributed by atoms with van der Waals surface area (Å²) in [5.41, 5.74) is 0.679. The molecule has 1 heterocycles. The van der Waals surface area contributed by atoms with Crippen LogP contribution in [0.3, 0.4) is 0 Å². The Bertz CT molecular complexity index is 1120. The molecule has 0 aromatic heterocycles. The van der Waals surface area contributed by atoms with Crippen LogP contribution in [0.2, 0.25) is 5.02 Å². The highest BCUT2D eigenvalue weighted by Gasteiger charge is 2.39. The third-order valence-corrected chi connectivity index (χ3v) is 7.15. The molecule has 0 aliphatic carbocycles. The molecule has 1 N–H and O–H groups in total. The minimum Gasteiger partial charge on any atom is -0.324 e. The molecule has 1 fully saturated rings. The number of carbonyl (C=O) groups is 1. The predicted molar refractivity (Wildman–Crippen MR) is 111 cm³/mol. The van der Waals surface area contributed by atoms with E-state index in [1.54, 1.807) is 0 Å². The van der Waals surface area contributed by atoms with Gasteiger partial charge in [-0.3, -0.25) is 4.79 Å². The maximum absolute atomic E-state index is 13.0. The first kappa shape index (κ1) is 18.9. The first-order valence-corrected chi connectivity index (χ1v) is 10.8. The number of nitrogens with zero attached hydrogens (tertiary/aromatic N) is 1. The number of hydrogen-bond donors (Lipinski definition) is 1. The monoisotopic (exact) mass is 414 g/mol. The molecule has 1 amide bonds. The maximum atomic E-state index is 13.0. The molecule has 144 valence electrons. The lowest BCUT2D eigenvalue weighted by Crippen LogP contribution is -2.43. The van der Waals surface area contributed by atoms with E-state index in [9.17, 15) is 13.2 Å². The molecule has 1 aliphatic heterocycles. The Hall–Kier alpha value is -2.41. The molecule has 0 bridgehead atoms. The zero-order chi connectivity index (χ0) is 19.7. The van der Waals surface area contributed by atoms with Crippen LogP contribution < -0.4 is 5.32 Å². The van der Waals surface area contributed by atoms with Crippen LogP contribution in [-0.4, -0.2) is 31.2 Å². The lowest BCUT2D eigenvalue weighted by Gasteiger charge is -2.23. The van der Waals surface area contributed by atoms with Crippen LogP contribution in [0.5, 0.6) is 0 Å². The van der Waals surface area contributed by atoms with E-state index < -0.39 is 16.1 Å². The third kappa shape index (κ3) is 3.51. The number of nitrogens with one attached hydrogen (secondary N) is 1. The molecule has 0 saturated carbocycles. The summed E-state index contributed by atoms with van der Waals surface area (Å²) in [6.45, 7) is 0.318. The smallest absolute Gasteiger partial charge is 0.243 e. The van der Waals surface area contributed by atoms with Gasteiger partial charge >= 0.3 is 0 Å². The Morgan fingerprint density at radius 2 is 1.71 bits per heavy atom. The second kappa shape index (κ2) is 7.54. The molecule has 0 unspecified atom stereocenters. The molecule has 3 aromatic rings. The average molecular weight is 415 g/mol. The van der Waals surface area contributed by atoms with Crippen LogP contribution in [0.4, 0.5) is 5.69 Å². The molecule has 7 heteroatoms. The molecule has 1 saturated heterocycles. The van der Waals surface area contributed by atoms with Crippen molar-refractivity contribution >= 4 is 44.0 Å². The van der Waals surface area contributed by atoms with Gasteiger partial charge in [0.2, 0.25) is 15.9 Å². The Kier molecular flexibility index (Phi) is 5.10. The molecule has 0 radical (unpaired) electrons. The average Bonchev–Trinajstić information content (AvgIpc) is 3.20. The number of sulfonamides is 1. The molecule has 1 atom stereocenters. The van der Waals surface area contributed by atoms with Crippen LogP contribution in [0.25, 0.3) is 10.8 Å². The molecule has 5 nitrogen and oxygen atoms in total. The predicted octanol–water partition coefficient (Wildman–Crippen LogP) is 4.29. The SMILES string of the molecule is O=C(Nc1cccc2ccccc12)[C@@H]1CCCN1S(=O)(=O)c1ccc(Cl)cc1. The number of benzene rings is 3. The van der Waals surface area contributed by atoms with E-state index in [2.05, 4.69) is 5.32 Å². The summed E-state index contributed by atoms with van der Waals surface area (Å²) in [4.78, 5) is 13.1. The van der Waals surface area contributed by atoms with Crippen molar-refractivity contribution in [2.75, 3.05) is 11.9 Å². The van der Waals surface area contributed by atoms with E-state index in [0.29, 0.717) is 30.1 Å². The molecule has 4 rings (SSSR count). The Morgan fingerprint density at radius 1 is 1.00 bits per heavy atom. The summed E-state index contributed by atoms with van der Waals surface area (Å²) in [6, 6.07) is 18.7. The van der Waals surface area contributed by atoms with E-state index in [1.165, 1.54) is 28.6 Å². The van der Waals surface area contributed by atoms with E-state index in [0.717, 1.165) is 10.8 Å². The number of halogens is 1. The summed E-state index contributed by atoms with van der Waals surface area (Å²) in [6.07, 6.45) is 1.13. The van der Waals surface area contributed by atoms with Gasteiger partial charge in [-0.05, 0) is 48.6 Å². The molecular weight excluding hydrogens is 396 g/mol. The zero-order valence-corrected chi connectivity index (χ0v) is 16.6. The van der Waals surface area contributed by atoms with Crippen molar-refractivity contribution in [1.82, 2.24) is 4.31 Å². The van der Waals surface area contributed by atoms with Gasteiger partial charge in [-0.2, -0.15) is 4.31 Å². The summed E-state index contributed by atoms with van der Waals surface area (Å²) < 4.78 is 27.3. The summed E-state index contributed by atoms with van der Waals surface area (Å²) >= 11 is 5.87. The Balaban J connectivity index is 1.61. The fourth-order valence-electron chi connectivity index (χ4n) is 3.58. The third-order valence-electron chi connectivity index (χ3n) is 4.97. The molecule has 1 aliphatic rings. The lowest BCUT2D eigenvalue weighted by atomic mass is 10.1. The van der Waals surface area contributed by atoms with Crippen LogP contribution >= 0.6 is 11.6 Å². The van der Waals surface area contributed by atoms with Gasteiger partial charge in [0.15, 0.2) is 0 Å². The lowest BCUT2D eigenvalue weighted by molar-refractivity contribution is -0.119. The van der Waals surface area contributed by atoms with Crippen LogP contribution in [0, 0.1) is 0 Å². The molecule has 0 spiro atoms. The number of amides is 1. The van der Waals surface area contributed by atoms with Gasteiger partial charge in [0.05, 0.1) is 4.90 Å². The first-order chi connectivity index (χ1) is 13.5. The topological polar surface area (TPSA) is 66.5 Å². The van der Waals surface area contributed by atoms with Gasteiger partial charge < -0.3 is 5.32 Å². The van der Waals surface area contributed by atoms with Gasteiger partial charge in [0, 0.05) is 22.6 Å². The summed E-state index contributed by atoms with van der Waals surface area (Å²) in [5.74, 6) is -0.314. The van der Waals surface area contributed by atoms with Gasteiger partial charge in [0.25, 0.3) is 0 Å². The van der Waals surface area contributed by atoms with E-state index >= 15 is 0 Å². The number of rotatable bonds is 4. The van der Waals surface area contributed by atoms with Crippen molar-refractivity contribution in [3.63, 3.8) is 0 Å². The summed E-state index contributed by atoms with van der Waals surface area (Å²) in [5, 5.41) is 5.32. The van der Waals surface area contributed by atoms with E-state index in [-0.39, 0.29) is 10.8 Å². The van der Waals surface area contributed by atoms with Crippen molar-refractivity contribution in [3.05, 3.63) is 71.8 Å². The maximum Gasteiger partial charge on any atom is 0.243 e. The highest BCUT2D eigenvalue weighted by Crippen LogP contribution is 2.29. The van der Waals surface area contributed by atoms with Crippen LogP contribution in [0.15, 0.2) is 71.6 Å². The highest BCUT2D eigenvalue weighted by molar-refractivity contribution is 7.89. The normalized spacial score (nSPS) is 17.7. The quantitative estimate of drug-likeness (QED) is 0.692. The zero-order valence-electron chi connectivity index (χ0n) is 15.0. The highest BCUT2D eigenvalue weighted by atomic mass is 35.5. The minimum absolute atomic E-state index is 0.141. The van der Waals surface area contributed by atoms with Gasteiger partial charge in [-0.15, -0.1) is 0 Å². The second-order valence-corrected chi connectivity index (χ2v) is 9.07. The summed E-state index contributed by atoms with van der Waals surface area (Å²) in [7, 11) is -3.77. The van der Waals surface area contributed by atoms with E-state index in [1.807, 2.05) is 42.5 Å². The van der Waals surface area contributed by atoms with Gasteiger partial charge in [-0.25, -0.2) is 8.42 Å². The van der Waals surface area contributed by atoms with Crippen LogP contribution in [0.1, 0.15) is 12.8 Å². The minimum atomic E-state index is -3.77.